The van der Waals surface area contributed by atoms with Crippen molar-refractivity contribution in [3.63, 3.8) is 0 Å². The predicted molar refractivity (Wildman–Crippen MR) is 228 cm³/mol. The van der Waals surface area contributed by atoms with Crippen LogP contribution in [0.2, 0.25) is 0 Å². The van der Waals surface area contributed by atoms with Gasteiger partial charge in [0, 0.05) is 12.8 Å². The molecule has 0 aromatic heterocycles. The van der Waals surface area contributed by atoms with Crippen LogP contribution in [-0.4, -0.2) is 110 Å². The standard InChI is InChI=1S/C44H64N6O12/c1-24(2)21-31(48-43(61)44(8,62)29-17-13-10-14-18-29)33(51)23-34(52)49-36(25(3)4)41(58)50-37(26(5)6)40(57)45-27(7)38(55)46-30(19-20-35(53)54)39(56)47-32(42(59)60)22-28-15-11-9-12-16-28/h9-18,24-27,30-33,36-37,51,62H,19-23H2,1-8H3,(H,45,57)(H,46,55)(H,47,56)(H,48,61)(H,49,52)(H,50,58)(H,53,54)(H,59,60)/t27-,30-,31-,32-,33-,36-,37-,44+/m0/s1. The number of carbonyl (C=O) groups is 8. The summed E-state index contributed by atoms with van der Waals surface area (Å²) in [5, 5.41) is 56.3. The van der Waals surface area contributed by atoms with Crippen LogP contribution < -0.4 is 31.9 Å². The molecule has 62 heavy (non-hydrogen) atoms. The summed E-state index contributed by atoms with van der Waals surface area (Å²) in [4.78, 5) is 104. The second kappa shape index (κ2) is 24.5. The van der Waals surface area contributed by atoms with Crippen molar-refractivity contribution in [3.05, 3.63) is 71.8 Å². The van der Waals surface area contributed by atoms with E-state index in [1.807, 2.05) is 13.8 Å². The number of aliphatic hydroxyl groups excluding tert-OH is 1. The van der Waals surface area contributed by atoms with Crippen molar-refractivity contribution >= 4 is 47.4 Å². The molecule has 0 bridgehead atoms. The van der Waals surface area contributed by atoms with Crippen LogP contribution in [0.3, 0.4) is 0 Å². The first-order valence-corrected chi connectivity index (χ1v) is 20.7. The molecule has 10 N–H and O–H groups in total. The highest BCUT2D eigenvalue weighted by Crippen LogP contribution is 2.22. The first kappa shape index (κ1) is 52.3. The van der Waals surface area contributed by atoms with Crippen molar-refractivity contribution < 1.29 is 58.8 Å². The summed E-state index contributed by atoms with van der Waals surface area (Å²) in [5.74, 6) is -8.57. The topological polar surface area (TPSA) is 290 Å². The summed E-state index contributed by atoms with van der Waals surface area (Å²) in [6.07, 6.45) is -2.68. The molecule has 342 valence electrons. The van der Waals surface area contributed by atoms with E-state index < -0.39 is 126 Å². The molecule has 2 aromatic rings. The monoisotopic (exact) mass is 868 g/mol. The van der Waals surface area contributed by atoms with Gasteiger partial charge in [-0.05, 0) is 55.6 Å². The first-order chi connectivity index (χ1) is 28.9. The molecule has 6 amide bonds. The van der Waals surface area contributed by atoms with Crippen molar-refractivity contribution in [2.75, 3.05) is 0 Å². The maximum atomic E-state index is 13.6. The normalized spacial score (nSPS) is 15.7. The van der Waals surface area contributed by atoms with Crippen molar-refractivity contribution in [3.8, 4) is 0 Å². The maximum Gasteiger partial charge on any atom is 0.326 e. The molecule has 0 spiro atoms. The fraction of sp³-hybridized carbons (Fsp3) is 0.545. The Hall–Kier alpha value is -5.88. The lowest BCUT2D eigenvalue weighted by Gasteiger charge is -2.31. The van der Waals surface area contributed by atoms with E-state index in [1.165, 1.54) is 13.8 Å². The lowest BCUT2D eigenvalue weighted by atomic mass is 9.92. The maximum absolute atomic E-state index is 13.6. The van der Waals surface area contributed by atoms with Gasteiger partial charge in [0.15, 0.2) is 5.60 Å². The van der Waals surface area contributed by atoms with E-state index in [2.05, 4.69) is 31.9 Å². The van der Waals surface area contributed by atoms with Crippen LogP contribution in [0.5, 0.6) is 0 Å². The largest absolute Gasteiger partial charge is 0.481 e. The number of hydrogen-bond acceptors (Lipinski definition) is 10. The van der Waals surface area contributed by atoms with E-state index in [0.29, 0.717) is 11.1 Å². The van der Waals surface area contributed by atoms with Crippen LogP contribution in [0, 0.1) is 17.8 Å². The van der Waals surface area contributed by atoms with E-state index in [-0.39, 0.29) is 18.8 Å². The SMILES string of the molecule is CC(C)C[C@H](NC(=O)[C@](C)(O)c1ccccc1)[C@@H](O)CC(=O)N[C@H](C(=O)N[C@H](C(=O)N[C@@H](C)C(=O)N[C@@H](CCC(=O)O)C(=O)N[C@@H](Cc1ccccc1)C(=O)O)C(C)C)C(C)C. The fourth-order valence-electron chi connectivity index (χ4n) is 6.42. The Morgan fingerprint density at radius 2 is 1.15 bits per heavy atom. The fourth-order valence-corrected chi connectivity index (χ4v) is 6.42. The van der Waals surface area contributed by atoms with Crippen molar-refractivity contribution in [1.82, 2.24) is 31.9 Å². The summed E-state index contributed by atoms with van der Waals surface area (Å²) >= 11 is 0. The van der Waals surface area contributed by atoms with E-state index in [0.717, 1.165) is 0 Å². The van der Waals surface area contributed by atoms with Gasteiger partial charge in [-0.3, -0.25) is 33.6 Å². The molecule has 0 aliphatic rings. The van der Waals surface area contributed by atoms with Crippen molar-refractivity contribution in [2.24, 2.45) is 17.8 Å². The summed E-state index contributed by atoms with van der Waals surface area (Å²) < 4.78 is 0. The number of rotatable bonds is 25. The number of aliphatic hydroxyl groups is 2. The molecule has 0 unspecified atom stereocenters. The Morgan fingerprint density at radius 3 is 1.66 bits per heavy atom. The lowest BCUT2D eigenvalue weighted by molar-refractivity contribution is -0.143. The molecule has 0 radical (unpaired) electrons. The Labute approximate surface area is 362 Å². The predicted octanol–water partition coefficient (Wildman–Crippen LogP) is 1.12. The number of carboxylic acids is 2. The molecule has 8 atom stereocenters. The number of nitrogens with one attached hydrogen (secondary N) is 6. The third-order valence-corrected chi connectivity index (χ3v) is 10.1. The van der Waals surface area contributed by atoms with Gasteiger partial charge in [0.1, 0.15) is 30.2 Å². The second-order valence-corrected chi connectivity index (χ2v) is 16.8. The zero-order chi connectivity index (χ0) is 46.9. The smallest absolute Gasteiger partial charge is 0.326 e. The van der Waals surface area contributed by atoms with Crippen LogP contribution in [0.15, 0.2) is 60.7 Å². The van der Waals surface area contributed by atoms with Crippen LogP contribution >= 0.6 is 0 Å². The Bertz CT molecular complexity index is 1840. The quantitative estimate of drug-likeness (QED) is 0.0672. The minimum Gasteiger partial charge on any atom is -0.481 e. The Balaban J connectivity index is 2.12. The molecular formula is C44H64N6O12. The van der Waals surface area contributed by atoms with Gasteiger partial charge in [0.05, 0.1) is 18.6 Å². The van der Waals surface area contributed by atoms with Gasteiger partial charge in [-0.25, -0.2) is 4.79 Å². The minimum atomic E-state index is -1.93. The number of amides is 6. The van der Waals surface area contributed by atoms with Crippen LogP contribution in [-0.2, 0) is 50.4 Å². The number of carboxylic acid groups (broad SMARTS) is 2. The zero-order valence-electron chi connectivity index (χ0n) is 36.6. The van der Waals surface area contributed by atoms with Crippen molar-refractivity contribution in [1.29, 1.82) is 0 Å². The summed E-state index contributed by atoms with van der Waals surface area (Å²) in [7, 11) is 0. The van der Waals surface area contributed by atoms with Crippen LogP contribution in [0.25, 0.3) is 0 Å². The number of hydrogen-bond donors (Lipinski definition) is 10. The van der Waals surface area contributed by atoms with E-state index >= 15 is 0 Å². The highest BCUT2D eigenvalue weighted by molar-refractivity contribution is 5.96. The van der Waals surface area contributed by atoms with Gasteiger partial charge in [0.2, 0.25) is 29.5 Å². The van der Waals surface area contributed by atoms with E-state index in [1.54, 1.807) is 88.4 Å². The summed E-state index contributed by atoms with van der Waals surface area (Å²) in [6, 6.07) is 9.15. The zero-order valence-corrected chi connectivity index (χ0v) is 36.6. The highest BCUT2D eigenvalue weighted by atomic mass is 16.4. The van der Waals surface area contributed by atoms with Gasteiger partial charge >= 0.3 is 11.9 Å². The highest BCUT2D eigenvalue weighted by Gasteiger charge is 2.37. The molecule has 0 fully saturated rings. The van der Waals surface area contributed by atoms with Gasteiger partial charge in [-0.2, -0.15) is 0 Å². The number of carbonyl (C=O) groups excluding carboxylic acids is 6. The van der Waals surface area contributed by atoms with Crippen LogP contribution in [0.4, 0.5) is 0 Å². The molecule has 2 rings (SSSR count). The third kappa shape index (κ3) is 16.9. The Kier molecular flexibility index (Phi) is 20.7. The molecular weight excluding hydrogens is 805 g/mol. The minimum absolute atomic E-state index is 0.0265. The Morgan fingerprint density at radius 1 is 0.629 bits per heavy atom. The molecule has 18 heteroatoms. The number of benzene rings is 2. The number of aliphatic carboxylic acids is 2. The average molecular weight is 869 g/mol. The van der Waals surface area contributed by atoms with E-state index in [9.17, 15) is 58.8 Å². The molecule has 0 aliphatic carbocycles. The third-order valence-electron chi connectivity index (χ3n) is 10.1. The molecule has 0 heterocycles. The molecule has 2 aromatic carbocycles. The average Bonchev–Trinajstić information content (AvgIpc) is 3.19. The second-order valence-electron chi connectivity index (χ2n) is 16.8. The molecule has 0 aliphatic heterocycles. The van der Waals surface area contributed by atoms with Gasteiger partial charge in [0.25, 0.3) is 5.91 Å². The molecule has 0 saturated heterocycles. The van der Waals surface area contributed by atoms with Gasteiger partial charge in [-0.15, -0.1) is 0 Å². The first-order valence-electron chi connectivity index (χ1n) is 20.7. The van der Waals surface area contributed by atoms with Gasteiger partial charge < -0.3 is 52.3 Å². The molecule has 18 nitrogen and oxygen atoms in total. The van der Waals surface area contributed by atoms with Crippen molar-refractivity contribution in [2.45, 2.75) is 135 Å². The summed E-state index contributed by atoms with van der Waals surface area (Å²) in [5.41, 5.74) is -0.991. The van der Waals surface area contributed by atoms with E-state index in [4.69, 9.17) is 0 Å². The van der Waals surface area contributed by atoms with Crippen LogP contribution in [0.1, 0.15) is 92.2 Å². The summed E-state index contributed by atoms with van der Waals surface area (Å²) in [6.45, 7) is 12.9. The molecule has 0 saturated carbocycles. The van der Waals surface area contributed by atoms with Gasteiger partial charge in [-0.1, -0.05) is 102 Å². The lowest BCUT2D eigenvalue weighted by Crippen LogP contribution is -2.60.